The summed E-state index contributed by atoms with van der Waals surface area (Å²) in [7, 11) is 0. The first-order valence-corrected chi connectivity index (χ1v) is 11.2. The highest BCUT2D eigenvalue weighted by Gasteiger charge is 2.34. The maximum Gasteiger partial charge on any atom is 0.417 e. The number of rotatable bonds is 9. The molecule has 1 aromatic carbocycles. The smallest absolute Gasteiger partial charge is 0.417 e. The Balaban J connectivity index is 1.79. The van der Waals surface area contributed by atoms with Crippen molar-refractivity contribution in [3.05, 3.63) is 89.4 Å². The van der Waals surface area contributed by atoms with Gasteiger partial charge in [-0.05, 0) is 57.0 Å². The van der Waals surface area contributed by atoms with Crippen LogP contribution >= 0.6 is 0 Å². The third kappa shape index (κ3) is 6.80. The first kappa shape index (κ1) is 26.7. The lowest BCUT2D eigenvalue weighted by atomic mass is 9.86. The molecule has 0 saturated heterocycles. The summed E-state index contributed by atoms with van der Waals surface area (Å²) in [6.45, 7) is 4.87. The first-order valence-electron chi connectivity index (χ1n) is 11.2. The number of benzene rings is 1. The van der Waals surface area contributed by atoms with E-state index >= 15 is 0 Å². The van der Waals surface area contributed by atoms with Gasteiger partial charge in [0.05, 0.1) is 5.56 Å². The fraction of sp³-hybridized carbons (Fsp3) is 0.308. The molecule has 2 aromatic heterocycles. The number of carbonyl (C=O) groups excluding carboxylic acids is 1. The SMILES string of the molecule is CC(NC(=O)C(C)(C)Oc1ccc(C(F)(F)F)cn1)C(Cc1ccccn1)c1cccc(C(=N)N)c1. The Hall–Kier alpha value is -3.95. The highest BCUT2D eigenvalue weighted by atomic mass is 19.4. The topological polar surface area (TPSA) is 114 Å². The zero-order chi connectivity index (χ0) is 26.5. The van der Waals surface area contributed by atoms with E-state index in [1.807, 2.05) is 37.3 Å². The number of hydrogen-bond acceptors (Lipinski definition) is 5. The Morgan fingerprint density at radius 1 is 1.11 bits per heavy atom. The Labute approximate surface area is 207 Å². The minimum atomic E-state index is -4.52. The number of ether oxygens (including phenoxy) is 1. The molecule has 2 atom stereocenters. The average molecular weight is 500 g/mol. The summed E-state index contributed by atoms with van der Waals surface area (Å²) in [4.78, 5) is 21.2. The Morgan fingerprint density at radius 3 is 2.44 bits per heavy atom. The lowest BCUT2D eigenvalue weighted by Gasteiger charge is -2.30. The molecule has 1 amide bonds. The monoisotopic (exact) mass is 499 g/mol. The molecule has 0 bridgehead atoms. The van der Waals surface area contributed by atoms with Crippen molar-refractivity contribution in [2.75, 3.05) is 0 Å². The number of nitrogens with two attached hydrogens (primary N) is 1. The maximum atomic E-state index is 13.2. The number of aromatic nitrogens is 2. The van der Waals surface area contributed by atoms with E-state index in [2.05, 4.69) is 15.3 Å². The molecule has 0 fully saturated rings. The molecular formula is C26H28F3N5O2. The quantitative estimate of drug-likeness (QED) is 0.297. The van der Waals surface area contributed by atoms with Crippen molar-refractivity contribution in [2.45, 2.75) is 50.9 Å². The van der Waals surface area contributed by atoms with Crippen LogP contribution in [0.15, 0.2) is 67.0 Å². The molecule has 0 aliphatic rings. The van der Waals surface area contributed by atoms with Crippen molar-refractivity contribution in [3.63, 3.8) is 0 Å². The van der Waals surface area contributed by atoms with Gasteiger partial charge in [-0.2, -0.15) is 13.2 Å². The zero-order valence-corrected chi connectivity index (χ0v) is 20.1. The second-order valence-electron chi connectivity index (χ2n) is 8.93. The molecule has 3 rings (SSSR count). The summed E-state index contributed by atoms with van der Waals surface area (Å²) >= 11 is 0. The van der Waals surface area contributed by atoms with Gasteiger partial charge < -0.3 is 15.8 Å². The summed E-state index contributed by atoms with van der Waals surface area (Å²) in [5.41, 5.74) is 5.60. The maximum absolute atomic E-state index is 13.2. The fourth-order valence-corrected chi connectivity index (χ4v) is 3.66. The van der Waals surface area contributed by atoms with Crippen LogP contribution in [0.1, 0.15) is 49.1 Å². The second kappa shape index (κ2) is 10.8. The van der Waals surface area contributed by atoms with Gasteiger partial charge in [0.25, 0.3) is 5.91 Å². The molecule has 7 nitrogen and oxygen atoms in total. The van der Waals surface area contributed by atoms with Gasteiger partial charge in [0.1, 0.15) is 5.84 Å². The molecule has 190 valence electrons. The predicted molar refractivity (Wildman–Crippen MR) is 130 cm³/mol. The molecule has 0 saturated carbocycles. The lowest BCUT2D eigenvalue weighted by Crippen LogP contribution is -2.51. The van der Waals surface area contributed by atoms with E-state index in [9.17, 15) is 18.0 Å². The minimum Gasteiger partial charge on any atom is -0.462 e. The van der Waals surface area contributed by atoms with Crippen LogP contribution in [0, 0.1) is 5.41 Å². The summed E-state index contributed by atoms with van der Waals surface area (Å²) in [6, 6.07) is 14.4. The van der Waals surface area contributed by atoms with E-state index < -0.39 is 29.3 Å². The van der Waals surface area contributed by atoms with Crippen molar-refractivity contribution in [2.24, 2.45) is 5.73 Å². The number of pyridine rings is 2. The molecule has 0 spiro atoms. The van der Waals surface area contributed by atoms with Crippen LogP contribution in [0.3, 0.4) is 0 Å². The third-order valence-electron chi connectivity index (χ3n) is 5.71. The van der Waals surface area contributed by atoms with Gasteiger partial charge in [-0.25, -0.2) is 4.98 Å². The van der Waals surface area contributed by atoms with Crippen LogP contribution in [0.4, 0.5) is 13.2 Å². The number of halogens is 3. The number of carbonyl (C=O) groups is 1. The normalized spacial score (nSPS) is 13.5. The molecule has 10 heteroatoms. The van der Waals surface area contributed by atoms with E-state index in [-0.39, 0.29) is 17.6 Å². The lowest BCUT2D eigenvalue weighted by molar-refractivity contribution is -0.138. The first-order chi connectivity index (χ1) is 16.9. The molecular weight excluding hydrogens is 471 g/mol. The summed E-state index contributed by atoms with van der Waals surface area (Å²) in [5, 5.41) is 10.7. The predicted octanol–water partition coefficient (Wildman–Crippen LogP) is 4.47. The van der Waals surface area contributed by atoms with Crippen LogP contribution in [0.2, 0.25) is 0 Å². The molecule has 2 heterocycles. The highest BCUT2D eigenvalue weighted by Crippen LogP contribution is 2.30. The number of nitrogens with zero attached hydrogens (tertiary/aromatic N) is 2. The van der Waals surface area contributed by atoms with E-state index in [0.717, 1.165) is 23.4 Å². The molecule has 0 radical (unpaired) electrons. The van der Waals surface area contributed by atoms with Crippen LogP contribution in [-0.4, -0.2) is 33.4 Å². The average Bonchev–Trinajstić information content (AvgIpc) is 2.82. The van der Waals surface area contributed by atoms with Crippen molar-refractivity contribution in [1.82, 2.24) is 15.3 Å². The number of amidine groups is 1. The summed E-state index contributed by atoms with van der Waals surface area (Å²) in [5.74, 6) is -0.854. The summed E-state index contributed by atoms with van der Waals surface area (Å²) in [6.07, 6.45) is -1.66. The van der Waals surface area contributed by atoms with Gasteiger partial charge >= 0.3 is 6.18 Å². The zero-order valence-electron chi connectivity index (χ0n) is 20.1. The third-order valence-corrected chi connectivity index (χ3v) is 5.71. The van der Waals surface area contributed by atoms with Crippen molar-refractivity contribution in [1.29, 1.82) is 5.41 Å². The van der Waals surface area contributed by atoms with Gasteiger partial charge in [-0.15, -0.1) is 0 Å². The Kier molecular flexibility index (Phi) is 7.96. The van der Waals surface area contributed by atoms with Gasteiger partial charge in [0, 0.05) is 41.7 Å². The van der Waals surface area contributed by atoms with E-state index in [1.165, 1.54) is 13.8 Å². The number of hydrogen-bond donors (Lipinski definition) is 3. The highest BCUT2D eigenvalue weighted by molar-refractivity contribution is 5.95. The van der Waals surface area contributed by atoms with Crippen LogP contribution in [0.5, 0.6) is 5.88 Å². The van der Waals surface area contributed by atoms with Crippen LogP contribution in [-0.2, 0) is 17.4 Å². The Bertz CT molecular complexity index is 1200. The van der Waals surface area contributed by atoms with Crippen molar-refractivity contribution in [3.8, 4) is 5.88 Å². The van der Waals surface area contributed by atoms with Gasteiger partial charge in [-0.3, -0.25) is 15.2 Å². The van der Waals surface area contributed by atoms with Crippen molar-refractivity contribution < 1.29 is 22.7 Å². The van der Waals surface area contributed by atoms with Gasteiger partial charge in [0.2, 0.25) is 5.88 Å². The van der Waals surface area contributed by atoms with E-state index in [1.54, 1.807) is 18.3 Å². The second-order valence-corrected chi connectivity index (χ2v) is 8.93. The number of nitrogen functional groups attached to an aromatic ring is 1. The number of alkyl halides is 3. The largest absolute Gasteiger partial charge is 0.462 e. The molecule has 4 N–H and O–H groups in total. The number of amides is 1. The van der Waals surface area contributed by atoms with E-state index in [0.29, 0.717) is 18.2 Å². The van der Waals surface area contributed by atoms with Gasteiger partial charge in [0.15, 0.2) is 5.60 Å². The fourth-order valence-electron chi connectivity index (χ4n) is 3.66. The minimum absolute atomic E-state index is 0.0660. The molecule has 3 aromatic rings. The van der Waals surface area contributed by atoms with Crippen LogP contribution < -0.4 is 15.8 Å². The summed E-state index contributed by atoms with van der Waals surface area (Å²) < 4.78 is 44.0. The number of nitrogens with one attached hydrogen (secondary N) is 2. The van der Waals surface area contributed by atoms with Crippen molar-refractivity contribution >= 4 is 11.7 Å². The molecule has 0 aliphatic heterocycles. The van der Waals surface area contributed by atoms with Crippen LogP contribution in [0.25, 0.3) is 0 Å². The van der Waals surface area contributed by atoms with E-state index in [4.69, 9.17) is 15.9 Å². The standard InChI is InChI=1S/C26H28F3N5O2/c1-16(34-24(35)25(2,3)36-22-11-10-19(15-33-22)26(27,28)29)21(14-20-9-4-5-12-32-20)17-7-6-8-18(13-17)23(30)31/h4-13,15-16,21H,14H2,1-3H3,(H3,30,31)(H,34,35). The van der Waals surface area contributed by atoms with Gasteiger partial charge in [-0.1, -0.05) is 24.3 Å². The molecule has 2 unspecified atom stereocenters. The molecule has 36 heavy (non-hydrogen) atoms. The Morgan fingerprint density at radius 2 is 1.86 bits per heavy atom. The molecule has 0 aliphatic carbocycles.